The summed E-state index contributed by atoms with van der Waals surface area (Å²) in [6, 6.07) is 0. The Bertz CT molecular complexity index is 293. The number of hydrogen-bond donors (Lipinski definition) is 2. The Kier molecular flexibility index (Phi) is 9.36. The van der Waals surface area contributed by atoms with Crippen LogP contribution in [0, 0.1) is 0 Å². The molecule has 0 aromatic carbocycles. The van der Waals surface area contributed by atoms with Gasteiger partial charge in [0, 0.05) is 25.1 Å². The number of amides is 2. The lowest BCUT2D eigenvalue weighted by Gasteiger charge is -2.07. The number of ketones is 1. The molecule has 0 saturated carbocycles. The summed E-state index contributed by atoms with van der Waals surface area (Å²) in [5, 5.41) is 5.62. The molecule has 0 fully saturated rings. The molecule has 0 bridgehead atoms. The van der Waals surface area contributed by atoms with Gasteiger partial charge < -0.3 is 10.6 Å². The fourth-order valence-electron chi connectivity index (χ4n) is 1.10. The molecule has 0 rings (SSSR count). The first-order valence-corrected chi connectivity index (χ1v) is 7.11. The van der Waals surface area contributed by atoms with Gasteiger partial charge >= 0.3 is 0 Å². The van der Waals surface area contributed by atoms with Crippen LogP contribution in [0.5, 0.6) is 0 Å². The Balaban J connectivity index is 3.53. The average Bonchev–Trinajstić information content (AvgIpc) is 2.25. The van der Waals surface area contributed by atoms with E-state index < -0.39 is 0 Å². The Morgan fingerprint density at radius 1 is 1.06 bits per heavy atom. The first-order chi connectivity index (χ1) is 8.41. The Hall–Kier alpha value is -1.04. The number of carbonyl (C=O) groups excluding carboxylic acids is 3. The molecular weight excluding hydrogens is 252 g/mol. The van der Waals surface area contributed by atoms with E-state index in [1.807, 2.05) is 0 Å². The fraction of sp³-hybridized carbons (Fsp3) is 0.750. The Labute approximate surface area is 112 Å². The molecule has 0 aromatic heterocycles. The third-order valence-corrected chi connectivity index (χ3v) is 3.13. The van der Waals surface area contributed by atoms with Gasteiger partial charge in [-0.3, -0.25) is 14.4 Å². The van der Waals surface area contributed by atoms with Crippen LogP contribution < -0.4 is 10.6 Å². The van der Waals surface area contributed by atoms with Gasteiger partial charge in [0.25, 0.3) is 0 Å². The number of carbonyl (C=O) groups is 3. The molecule has 2 N–H and O–H groups in total. The maximum atomic E-state index is 11.4. The van der Waals surface area contributed by atoms with Crippen molar-refractivity contribution in [2.24, 2.45) is 0 Å². The van der Waals surface area contributed by atoms with Crippen molar-refractivity contribution >= 4 is 29.4 Å². The van der Waals surface area contributed by atoms with Crippen molar-refractivity contribution < 1.29 is 14.4 Å². The van der Waals surface area contributed by atoms with Gasteiger partial charge in [-0.15, -0.1) is 0 Å². The Morgan fingerprint density at radius 2 is 1.72 bits per heavy atom. The van der Waals surface area contributed by atoms with Crippen LogP contribution in [-0.2, 0) is 14.4 Å². The zero-order valence-corrected chi connectivity index (χ0v) is 12.1. The van der Waals surface area contributed by atoms with Crippen molar-refractivity contribution in [1.29, 1.82) is 0 Å². The van der Waals surface area contributed by atoms with Gasteiger partial charge in [0.05, 0.1) is 6.54 Å². The molecule has 0 spiro atoms. The average molecular weight is 274 g/mol. The summed E-state index contributed by atoms with van der Waals surface area (Å²) in [7, 11) is 0. The van der Waals surface area contributed by atoms with E-state index >= 15 is 0 Å². The van der Waals surface area contributed by atoms with E-state index in [9.17, 15) is 14.4 Å². The highest BCUT2D eigenvalue weighted by Crippen LogP contribution is 2.09. The predicted octanol–water partition coefficient (Wildman–Crippen LogP) is 0.730. The van der Waals surface area contributed by atoms with E-state index in [2.05, 4.69) is 24.5 Å². The van der Waals surface area contributed by atoms with E-state index in [0.29, 0.717) is 24.6 Å². The van der Waals surface area contributed by atoms with Gasteiger partial charge in [-0.05, 0) is 12.2 Å². The maximum Gasteiger partial charge on any atom is 0.239 e. The first-order valence-electron chi connectivity index (χ1n) is 6.06. The summed E-state index contributed by atoms with van der Waals surface area (Å²) < 4.78 is 0. The monoisotopic (exact) mass is 274 g/mol. The van der Waals surface area contributed by atoms with Gasteiger partial charge in [-0.2, -0.15) is 11.8 Å². The largest absolute Gasteiger partial charge is 0.354 e. The maximum absolute atomic E-state index is 11.4. The molecule has 0 atom stereocenters. The van der Waals surface area contributed by atoms with E-state index in [0.717, 1.165) is 5.75 Å². The SMILES string of the molecule is CC(=O)CCNC(=O)CNC(=O)CCSC(C)C. The van der Waals surface area contributed by atoms with Crippen LogP contribution in [0.1, 0.15) is 33.6 Å². The molecule has 18 heavy (non-hydrogen) atoms. The number of nitrogens with one attached hydrogen (secondary N) is 2. The number of hydrogen-bond acceptors (Lipinski definition) is 4. The molecule has 0 aliphatic heterocycles. The quantitative estimate of drug-likeness (QED) is 0.650. The van der Waals surface area contributed by atoms with Crippen LogP contribution >= 0.6 is 11.8 Å². The van der Waals surface area contributed by atoms with Crippen LogP contribution in [0.25, 0.3) is 0 Å². The normalized spacial score (nSPS) is 10.2. The minimum atomic E-state index is -0.263. The highest BCUT2D eigenvalue weighted by atomic mass is 32.2. The molecule has 0 aliphatic rings. The molecular formula is C12H22N2O3S. The second kappa shape index (κ2) is 9.94. The smallest absolute Gasteiger partial charge is 0.239 e. The van der Waals surface area contributed by atoms with E-state index in [-0.39, 0.29) is 24.1 Å². The fourth-order valence-corrected chi connectivity index (χ4v) is 1.87. The van der Waals surface area contributed by atoms with Crippen LogP contribution in [0.4, 0.5) is 0 Å². The highest BCUT2D eigenvalue weighted by molar-refractivity contribution is 7.99. The van der Waals surface area contributed by atoms with Gasteiger partial charge in [0.15, 0.2) is 0 Å². The van der Waals surface area contributed by atoms with Crippen molar-refractivity contribution in [1.82, 2.24) is 10.6 Å². The topological polar surface area (TPSA) is 75.3 Å². The van der Waals surface area contributed by atoms with Gasteiger partial charge in [0.2, 0.25) is 11.8 Å². The molecule has 6 heteroatoms. The molecule has 0 saturated heterocycles. The second-order valence-corrected chi connectivity index (χ2v) is 5.93. The summed E-state index contributed by atoms with van der Waals surface area (Å²) in [5.74, 6) is 0.408. The van der Waals surface area contributed by atoms with Crippen molar-refractivity contribution in [3.05, 3.63) is 0 Å². The second-order valence-electron chi connectivity index (χ2n) is 4.25. The summed E-state index contributed by atoms with van der Waals surface area (Å²) in [6.45, 7) is 5.92. The number of rotatable bonds is 9. The zero-order chi connectivity index (χ0) is 14.0. The van der Waals surface area contributed by atoms with Crippen molar-refractivity contribution in [2.45, 2.75) is 38.9 Å². The molecule has 0 unspecified atom stereocenters. The van der Waals surface area contributed by atoms with E-state index in [4.69, 9.17) is 0 Å². The minimum Gasteiger partial charge on any atom is -0.354 e. The van der Waals surface area contributed by atoms with Crippen LogP contribution in [0.15, 0.2) is 0 Å². The molecule has 2 amide bonds. The summed E-state index contributed by atoms with van der Waals surface area (Å²) >= 11 is 1.71. The van der Waals surface area contributed by atoms with Gasteiger partial charge in [-0.25, -0.2) is 0 Å². The Morgan fingerprint density at radius 3 is 2.28 bits per heavy atom. The first kappa shape index (κ1) is 17.0. The molecule has 0 radical (unpaired) electrons. The van der Waals surface area contributed by atoms with Gasteiger partial charge in [0.1, 0.15) is 5.78 Å². The van der Waals surface area contributed by atoms with Crippen LogP contribution in [-0.4, -0.2) is 41.7 Å². The van der Waals surface area contributed by atoms with Crippen LogP contribution in [0.2, 0.25) is 0 Å². The predicted molar refractivity (Wildman–Crippen MR) is 73.5 cm³/mol. The number of thioether (sulfide) groups is 1. The van der Waals surface area contributed by atoms with E-state index in [1.165, 1.54) is 6.92 Å². The van der Waals surface area contributed by atoms with Crippen molar-refractivity contribution in [2.75, 3.05) is 18.8 Å². The van der Waals surface area contributed by atoms with Crippen molar-refractivity contribution in [3.63, 3.8) is 0 Å². The molecule has 0 aliphatic carbocycles. The van der Waals surface area contributed by atoms with Gasteiger partial charge in [-0.1, -0.05) is 13.8 Å². The molecule has 5 nitrogen and oxygen atoms in total. The standard InChI is InChI=1S/C12H22N2O3S/c1-9(2)18-7-5-11(16)14-8-12(17)13-6-4-10(3)15/h9H,4-8H2,1-3H3,(H,13,17)(H,14,16). The van der Waals surface area contributed by atoms with Crippen molar-refractivity contribution in [3.8, 4) is 0 Å². The third-order valence-electron chi connectivity index (χ3n) is 2.03. The lowest BCUT2D eigenvalue weighted by Crippen LogP contribution is -2.37. The summed E-state index contributed by atoms with van der Waals surface area (Å²) in [5.41, 5.74) is 0. The summed E-state index contributed by atoms with van der Waals surface area (Å²) in [4.78, 5) is 33.3. The lowest BCUT2D eigenvalue weighted by atomic mass is 10.3. The highest BCUT2D eigenvalue weighted by Gasteiger charge is 2.06. The minimum absolute atomic E-state index is 0.0247. The van der Waals surface area contributed by atoms with Crippen LogP contribution in [0.3, 0.4) is 0 Å². The lowest BCUT2D eigenvalue weighted by molar-refractivity contribution is -0.126. The number of Topliss-reactive ketones (excluding diaryl/α,β-unsaturated/α-hetero) is 1. The molecule has 104 valence electrons. The third kappa shape index (κ3) is 11.4. The summed E-state index contributed by atoms with van der Waals surface area (Å²) in [6.07, 6.45) is 0.744. The molecule has 0 aromatic rings. The van der Waals surface area contributed by atoms with E-state index in [1.54, 1.807) is 11.8 Å². The zero-order valence-electron chi connectivity index (χ0n) is 11.2. The molecule has 0 heterocycles.